The molecule has 0 aliphatic carbocycles. The number of alkyl halides is 3. The maximum Gasteiger partial charge on any atom is 0.432 e. The van der Waals surface area contributed by atoms with Gasteiger partial charge >= 0.3 is 6.18 Å². The average Bonchev–Trinajstić information content (AvgIpc) is 2.63. The highest BCUT2D eigenvalue weighted by molar-refractivity contribution is 7.71. The number of hydrogen-bond acceptors (Lipinski definition) is 1. The molecule has 0 spiro atoms. The van der Waals surface area contributed by atoms with E-state index in [9.17, 15) is 13.2 Å². The van der Waals surface area contributed by atoms with Gasteiger partial charge in [0.1, 0.15) is 10.3 Å². The molecule has 2 rings (SSSR count). The van der Waals surface area contributed by atoms with E-state index in [1.54, 1.807) is 24.3 Å². The van der Waals surface area contributed by atoms with E-state index in [-0.39, 0.29) is 11.2 Å². The molecule has 0 atom stereocenters. The monoisotopic (exact) mass is 292 g/mol. The molecule has 0 radical (unpaired) electrons. The standard InChI is InChI=1S/C11H8ClF3N2S/c12-8-4-2-1-3-7(8)6-17-10(18)5-9(16-17)11(13,14)15/h1-5,16H,6H2. The zero-order valence-corrected chi connectivity index (χ0v) is 10.5. The molecule has 1 N–H and O–H groups in total. The Morgan fingerprint density at radius 2 is 1.94 bits per heavy atom. The highest BCUT2D eigenvalue weighted by Gasteiger charge is 2.32. The fraction of sp³-hybridized carbons (Fsp3) is 0.182. The number of nitrogens with zero attached hydrogens (tertiary/aromatic N) is 1. The van der Waals surface area contributed by atoms with Crippen LogP contribution < -0.4 is 0 Å². The van der Waals surface area contributed by atoms with E-state index < -0.39 is 11.9 Å². The van der Waals surface area contributed by atoms with Crippen LogP contribution in [0.4, 0.5) is 13.2 Å². The number of benzene rings is 1. The van der Waals surface area contributed by atoms with Gasteiger partial charge in [-0.2, -0.15) is 13.2 Å². The predicted molar refractivity (Wildman–Crippen MR) is 65.2 cm³/mol. The first-order valence-corrected chi connectivity index (χ1v) is 5.77. The van der Waals surface area contributed by atoms with Crippen molar-refractivity contribution in [1.29, 1.82) is 0 Å². The van der Waals surface area contributed by atoms with Crippen molar-refractivity contribution < 1.29 is 13.2 Å². The molecule has 7 heteroatoms. The lowest BCUT2D eigenvalue weighted by atomic mass is 10.2. The molecule has 0 aliphatic rings. The molecule has 0 unspecified atom stereocenters. The molecule has 18 heavy (non-hydrogen) atoms. The van der Waals surface area contributed by atoms with Crippen LogP contribution in [0.5, 0.6) is 0 Å². The summed E-state index contributed by atoms with van der Waals surface area (Å²) in [6.45, 7) is 0.175. The summed E-state index contributed by atoms with van der Waals surface area (Å²) in [5, 5.41) is 2.71. The molecular weight excluding hydrogens is 285 g/mol. The van der Waals surface area contributed by atoms with Crippen LogP contribution in [-0.4, -0.2) is 9.78 Å². The van der Waals surface area contributed by atoms with Crippen molar-refractivity contribution in [3.05, 3.63) is 51.3 Å². The van der Waals surface area contributed by atoms with Gasteiger partial charge in [-0.15, -0.1) is 0 Å². The summed E-state index contributed by atoms with van der Waals surface area (Å²) in [6, 6.07) is 7.82. The molecule has 0 aliphatic heterocycles. The van der Waals surface area contributed by atoms with Crippen LogP contribution in [0.1, 0.15) is 11.3 Å². The van der Waals surface area contributed by atoms with E-state index in [1.165, 1.54) is 4.68 Å². The van der Waals surface area contributed by atoms with Crippen molar-refractivity contribution in [3.63, 3.8) is 0 Å². The third-order valence-electron chi connectivity index (χ3n) is 2.38. The second kappa shape index (κ2) is 4.78. The minimum Gasteiger partial charge on any atom is -0.293 e. The minimum atomic E-state index is -4.43. The number of H-pyrrole nitrogens is 1. The first kappa shape index (κ1) is 13.2. The molecule has 0 bridgehead atoms. The topological polar surface area (TPSA) is 20.7 Å². The number of rotatable bonds is 2. The second-order valence-electron chi connectivity index (χ2n) is 3.68. The lowest BCUT2D eigenvalue weighted by Gasteiger charge is -2.06. The molecule has 1 heterocycles. The number of halogens is 4. The van der Waals surface area contributed by atoms with Crippen molar-refractivity contribution >= 4 is 23.8 Å². The van der Waals surface area contributed by atoms with E-state index >= 15 is 0 Å². The van der Waals surface area contributed by atoms with Gasteiger partial charge in [0.05, 0.1) is 6.54 Å². The molecule has 0 saturated heterocycles. The lowest BCUT2D eigenvalue weighted by Crippen LogP contribution is -2.08. The summed E-state index contributed by atoms with van der Waals surface area (Å²) in [5.41, 5.74) is -0.162. The second-order valence-corrected chi connectivity index (χ2v) is 4.51. The zero-order valence-electron chi connectivity index (χ0n) is 8.96. The Hall–Kier alpha value is -1.27. The van der Waals surface area contributed by atoms with Gasteiger partial charge in [-0.3, -0.25) is 9.78 Å². The lowest BCUT2D eigenvalue weighted by molar-refractivity contribution is -0.141. The fourth-order valence-electron chi connectivity index (χ4n) is 1.49. The third kappa shape index (κ3) is 2.76. The molecular formula is C11H8ClF3N2S. The van der Waals surface area contributed by atoms with Crippen LogP contribution in [-0.2, 0) is 12.7 Å². The summed E-state index contributed by atoms with van der Waals surface area (Å²) in [6.07, 6.45) is -4.43. The normalized spacial score (nSPS) is 11.8. The highest BCUT2D eigenvalue weighted by atomic mass is 35.5. The van der Waals surface area contributed by atoms with E-state index in [0.29, 0.717) is 10.6 Å². The van der Waals surface area contributed by atoms with Crippen molar-refractivity contribution in [3.8, 4) is 0 Å². The van der Waals surface area contributed by atoms with Gasteiger partial charge in [-0.05, 0) is 11.6 Å². The molecule has 1 aromatic heterocycles. The Morgan fingerprint density at radius 1 is 1.28 bits per heavy atom. The van der Waals surface area contributed by atoms with Crippen LogP contribution >= 0.6 is 23.8 Å². The van der Waals surface area contributed by atoms with E-state index in [2.05, 4.69) is 5.10 Å². The Bertz CT molecular complexity index is 615. The Morgan fingerprint density at radius 3 is 2.50 bits per heavy atom. The van der Waals surface area contributed by atoms with Crippen LogP contribution in [0.15, 0.2) is 30.3 Å². The van der Waals surface area contributed by atoms with Gasteiger partial charge in [0.2, 0.25) is 0 Å². The molecule has 1 aromatic carbocycles. The molecule has 2 nitrogen and oxygen atoms in total. The van der Waals surface area contributed by atoms with Crippen LogP contribution in [0.25, 0.3) is 0 Å². The maximum absolute atomic E-state index is 12.5. The minimum absolute atomic E-state index is 0.0854. The van der Waals surface area contributed by atoms with Gasteiger partial charge in [-0.1, -0.05) is 42.0 Å². The van der Waals surface area contributed by atoms with E-state index in [0.717, 1.165) is 6.07 Å². The maximum atomic E-state index is 12.5. The Labute approximate surface area is 111 Å². The smallest absolute Gasteiger partial charge is 0.293 e. The van der Waals surface area contributed by atoms with Crippen LogP contribution in [0.3, 0.4) is 0 Å². The van der Waals surface area contributed by atoms with E-state index in [4.69, 9.17) is 23.8 Å². The van der Waals surface area contributed by atoms with E-state index in [1.807, 2.05) is 0 Å². The van der Waals surface area contributed by atoms with Crippen LogP contribution in [0, 0.1) is 4.64 Å². The van der Waals surface area contributed by atoms with Gasteiger partial charge in [0, 0.05) is 11.1 Å². The summed E-state index contributed by atoms with van der Waals surface area (Å²) in [7, 11) is 0. The first-order chi connectivity index (χ1) is 8.38. The van der Waals surface area contributed by atoms with Gasteiger partial charge in [-0.25, -0.2) is 0 Å². The molecule has 96 valence electrons. The molecule has 0 saturated carbocycles. The number of aromatic nitrogens is 2. The fourth-order valence-corrected chi connectivity index (χ4v) is 1.92. The summed E-state index contributed by atoms with van der Waals surface area (Å²) in [4.78, 5) is 0. The summed E-state index contributed by atoms with van der Waals surface area (Å²) < 4.78 is 38.8. The molecule has 0 fully saturated rings. The van der Waals surface area contributed by atoms with Crippen molar-refractivity contribution in [1.82, 2.24) is 9.78 Å². The van der Waals surface area contributed by atoms with Crippen molar-refractivity contribution in [2.24, 2.45) is 0 Å². The Balaban J connectivity index is 2.34. The summed E-state index contributed by atoms with van der Waals surface area (Å²) in [5.74, 6) is 0. The Kier molecular flexibility index (Phi) is 3.49. The number of aromatic amines is 1. The SMILES string of the molecule is FC(F)(F)c1cc(=S)n(Cc2ccccc2Cl)[nH]1. The average molecular weight is 293 g/mol. The molecule has 2 aromatic rings. The number of hydrogen-bond donors (Lipinski definition) is 1. The zero-order chi connectivity index (χ0) is 13.3. The number of nitrogens with one attached hydrogen (secondary N) is 1. The third-order valence-corrected chi connectivity index (χ3v) is 3.09. The largest absolute Gasteiger partial charge is 0.432 e. The van der Waals surface area contributed by atoms with Gasteiger partial charge in [0.15, 0.2) is 0 Å². The van der Waals surface area contributed by atoms with Gasteiger partial charge < -0.3 is 0 Å². The highest BCUT2D eigenvalue weighted by Crippen LogP contribution is 2.28. The predicted octanol–water partition coefficient (Wildman–Crippen LogP) is 4.27. The van der Waals surface area contributed by atoms with Crippen LogP contribution in [0.2, 0.25) is 5.02 Å². The van der Waals surface area contributed by atoms with Crippen molar-refractivity contribution in [2.75, 3.05) is 0 Å². The van der Waals surface area contributed by atoms with Crippen molar-refractivity contribution in [2.45, 2.75) is 12.7 Å². The molecule has 0 amide bonds. The quantitative estimate of drug-likeness (QED) is 0.820. The first-order valence-electron chi connectivity index (χ1n) is 4.98. The summed E-state index contributed by atoms with van der Waals surface area (Å²) >= 11 is 10.8. The van der Waals surface area contributed by atoms with Gasteiger partial charge in [0.25, 0.3) is 0 Å².